The Bertz CT molecular complexity index is 702. The van der Waals surface area contributed by atoms with Gasteiger partial charge in [0.05, 0.1) is 0 Å². The van der Waals surface area contributed by atoms with E-state index < -0.39 is 19.9 Å². The number of benzene rings is 3. The van der Waals surface area contributed by atoms with Crippen LogP contribution in [0.25, 0.3) is 0 Å². The molecule has 0 amide bonds. The minimum atomic E-state index is -4.12. The standard InChI is InChI=1S/C22H22F3P/c23-22(24,25)17-10-18-26(19-11-4-1-5-12-19,20-13-6-2-7-14-20)21-15-8-3-9-16-21/h1-9,11-16,26H,10,17-18H2. The molecule has 0 aliphatic rings. The second-order valence-corrected chi connectivity index (χ2v) is 10.5. The number of rotatable bonds is 6. The van der Waals surface area contributed by atoms with Gasteiger partial charge in [0.15, 0.2) is 0 Å². The topological polar surface area (TPSA) is 0 Å². The summed E-state index contributed by atoms with van der Waals surface area (Å²) in [6.07, 6.45) is -4.20. The number of alkyl halides is 3. The molecule has 0 spiro atoms. The van der Waals surface area contributed by atoms with Gasteiger partial charge in [-0.15, -0.1) is 0 Å². The van der Waals surface area contributed by atoms with Crippen molar-refractivity contribution in [3.63, 3.8) is 0 Å². The molecule has 0 atom stereocenters. The number of hydrogen-bond donors (Lipinski definition) is 0. The fourth-order valence-electron chi connectivity index (χ4n) is 3.66. The Morgan fingerprint density at radius 1 is 0.577 bits per heavy atom. The van der Waals surface area contributed by atoms with Crippen LogP contribution in [0.4, 0.5) is 13.2 Å². The van der Waals surface area contributed by atoms with Gasteiger partial charge < -0.3 is 0 Å². The van der Waals surface area contributed by atoms with Crippen molar-refractivity contribution in [3.8, 4) is 0 Å². The molecule has 0 aliphatic heterocycles. The van der Waals surface area contributed by atoms with Gasteiger partial charge in [-0.2, -0.15) is 0 Å². The summed E-state index contributed by atoms with van der Waals surface area (Å²) in [6.45, 7) is 0. The monoisotopic (exact) mass is 374 g/mol. The van der Waals surface area contributed by atoms with E-state index in [0.29, 0.717) is 6.16 Å². The van der Waals surface area contributed by atoms with Gasteiger partial charge in [0.2, 0.25) is 0 Å². The van der Waals surface area contributed by atoms with Gasteiger partial charge >= 0.3 is 153 Å². The van der Waals surface area contributed by atoms with Gasteiger partial charge in [-0.3, -0.25) is 0 Å². The Hall–Kier alpha value is -2.12. The first-order valence-corrected chi connectivity index (χ1v) is 11.0. The minimum absolute atomic E-state index is 0.133. The van der Waals surface area contributed by atoms with E-state index in [1.54, 1.807) is 0 Å². The zero-order chi connectivity index (χ0) is 18.5. The van der Waals surface area contributed by atoms with Crippen molar-refractivity contribution in [2.45, 2.75) is 19.0 Å². The van der Waals surface area contributed by atoms with Crippen LogP contribution in [0.1, 0.15) is 12.8 Å². The molecule has 26 heavy (non-hydrogen) atoms. The molecule has 0 nitrogen and oxygen atoms in total. The van der Waals surface area contributed by atoms with E-state index in [-0.39, 0.29) is 6.42 Å². The van der Waals surface area contributed by atoms with E-state index in [4.69, 9.17) is 0 Å². The summed E-state index contributed by atoms with van der Waals surface area (Å²) < 4.78 is 38.6. The number of hydrogen-bond acceptors (Lipinski definition) is 0. The maximum absolute atomic E-state index is 12.9. The van der Waals surface area contributed by atoms with Gasteiger partial charge in [-0.05, 0) is 0 Å². The molecule has 0 saturated carbocycles. The van der Waals surface area contributed by atoms with E-state index in [1.165, 1.54) is 0 Å². The molecule has 0 heterocycles. The van der Waals surface area contributed by atoms with Crippen LogP contribution in [-0.4, -0.2) is 12.3 Å². The average molecular weight is 374 g/mol. The Balaban J connectivity index is 2.15. The van der Waals surface area contributed by atoms with Crippen molar-refractivity contribution in [1.82, 2.24) is 0 Å². The molecular formula is C22H22F3P. The van der Waals surface area contributed by atoms with Crippen LogP contribution in [0.2, 0.25) is 0 Å². The van der Waals surface area contributed by atoms with Gasteiger partial charge in [0, 0.05) is 0 Å². The molecule has 0 saturated heterocycles. The van der Waals surface area contributed by atoms with Crippen molar-refractivity contribution < 1.29 is 13.2 Å². The first-order chi connectivity index (χ1) is 12.5. The third kappa shape index (κ3) is 4.16. The quantitative estimate of drug-likeness (QED) is 0.530. The van der Waals surface area contributed by atoms with Crippen LogP contribution < -0.4 is 15.9 Å². The Morgan fingerprint density at radius 2 is 0.923 bits per heavy atom. The molecular weight excluding hydrogens is 352 g/mol. The van der Waals surface area contributed by atoms with Gasteiger partial charge in [0.25, 0.3) is 0 Å². The van der Waals surface area contributed by atoms with Gasteiger partial charge in [-0.1, -0.05) is 0 Å². The van der Waals surface area contributed by atoms with Crippen LogP contribution in [0.3, 0.4) is 0 Å². The molecule has 0 unspecified atom stereocenters. The SMILES string of the molecule is FC(F)(F)CCC[PH](c1ccccc1)(c1ccccc1)c1ccccc1. The van der Waals surface area contributed by atoms with Crippen LogP contribution in [0.15, 0.2) is 91.0 Å². The summed E-state index contributed by atoms with van der Waals surface area (Å²) in [5.74, 6) is 0. The van der Waals surface area contributed by atoms with Crippen LogP contribution in [0, 0.1) is 0 Å². The molecule has 0 radical (unpaired) electrons. The van der Waals surface area contributed by atoms with Gasteiger partial charge in [0.1, 0.15) is 0 Å². The Kier molecular flexibility index (Phi) is 5.78. The first-order valence-electron chi connectivity index (χ1n) is 8.76. The van der Waals surface area contributed by atoms with E-state index in [2.05, 4.69) is 36.4 Å². The summed E-state index contributed by atoms with van der Waals surface area (Å²) in [6, 6.07) is 30.1. The second-order valence-electron chi connectivity index (χ2n) is 6.47. The molecule has 0 N–H and O–H groups in total. The summed E-state index contributed by atoms with van der Waals surface area (Å²) >= 11 is 0. The van der Waals surface area contributed by atoms with Crippen molar-refractivity contribution in [2.24, 2.45) is 0 Å². The van der Waals surface area contributed by atoms with Crippen LogP contribution in [-0.2, 0) is 0 Å². The zero-order valence-corrected chi connectivity index (χ0v) is 15.4. The molecule has 0 fully saturated rings. The second kappa shape index (κ2) is 8.05. The van der Waals surface area contributed by atoms with Crippen LogP contribution >= 0.6 is 7.26 Å². The first kappa shape index (κ1) is 18.7. The summed E-state index contributed by atoms with van der Waals surface area (Å²) in [5, 5.41) is 3.46. The maximum atomic E-state index is 12.9. The van der Waals surface area contributed by atoms with Crippen molar-refractivity contribution >= 4 is 23.2 Å². The van der Waals surface area contributed by atoms with E-state index in [0.717, 1.165) is 15.9 Å². The molecule has 3 aromatic rings. The Morgan fingerprint density at radius 3 is 1.23 bits per heavy atom. The molecule has 3 rings (SSSR count). The Labute approximate surface area is 153 Å². The third-order valence-electron chi connectivity index (χ3n) is 4.81. The fraction of sp³-hybridized carbons (Fsp3) is 0.182. The van der Waals surface area contributed by atoms with E-state index >= 15 is 0 Å². The van der Waals surface area contributed by atoms with E-state index in [9.17, 15) is 13.2 Å². The van der Waals surface area contributed by atoms with Crippen molar-refractivity contribution in [3.05, 3.63) is 91.0 Å². The van der Waals surface area contributed by atoms with Crippen LogP contribution in [0.5, 0.6) is 0 Å². The number of halogens is 3. The van der Waals surface area contributed by atoms with Gasteiger partial charge in [-0.25, -0.2) is 0 Å². The molecule has 3 aromatic carbocycles. The summed E-state index contributed by atoms with van der Waals surface area (Å²) in [7, 11) is -2.52. The molecule has 0 aromatic heterocycles. The van der Waals surface area contributed by atoms with Crippen molar-refractivity contribution in [2.75, 3.05) is 6.16 Å². The third-order valence-corrected chi connectivity index (χ3v) is 9.87. The van der Waals surface area contributed by atoms with Crippen molar-refractivity contribution in [1.29, 1.82) is 0 Å². The normalized spacial score (nSPS) is 12.7. The van der Waals surface area contributed by atoms with E-state index in [1.807, 2.05) is 54.6 Å². The molecule has 0 bridgehead atoms. The predicted molar refractivity (Wildman–Crippen MR) is 107 cm³/mol. The predicted octanol–water partition coefficient (Wildman–Crippen LogP) is 5.06. The zero-order valence-electron chi connectivity index (χ0n) is 14.4. The molecule has 4 heteroatoms. The summed E-state index contributed by atoms with van der Waals surface area (Å²) in [4.78, 5) is 0. The molecule has 136 valence electrons. The summed E-state index contributed by atoms with van der Waals surface area (Å²) in [5.41, 5.74) is 0. The molecule has 0 aliphatic carbocycles. The fourth-order valence-corrected chi connectivity index (χ4v) is 8.51. The average Bonchev–Trinajstić information content (AvgIpc) is 2.67.